The highest BCUT2D eigenvalue weighted by atomic mass is 16.5. The molecule has 0 unspecified atom stereocenters. The number of aliphatic hydroxyl groups excluding tert-OH is 1. The molecule has 0 amide bonds. The maximum atomic E-state index is 9.33. The second-order valence-electron chi connectivity index (χ2n) is 2.86. The Kier molecular flexibility index (Phi) is 3.84. The molecule has 1 atom stereocenters. The zero-order chi connectivity index (χ0) is 10.6. The zero-order valence-electron chi connectivity index (χ0n) is 8.47. The lowest BCUT2D eigenvalue weighted by atomic mass is 10.4. The van der Waals surface area contributed by atoms with Gasteiger partial charge in [-0.05, 0) is 19.0 Å². The number of hydrogen-bond acceptors (Lipinski definition) is 6. The van der Waals surface area contributed by atoms with Gasteiger partial charge >= 0.3 is 0 Å². The van der Waals surface area contributed by atoms with Gasteiger partial charge in [0, 0.05) is 19.6 Å². The zero-order valence-corrected chi connectivity index (χ0v) is 8.47. The smallest absolute Gasteiger partial charge is 0.266 e. The third-order valence-electron chi connectivity index (χ3n) is 1.99. The molecule has 0 bridgehead atoms. The molecule has 3 N–H and O–H groups in total. The molecule has 0 spiro atoms. The van der Waals surface area contributed by atoms with E-state index in [1.165, 1.54) is 0 Å². The monoisotopic (exact) mass is 200 g/mol. The molecule has 0 saturated carbocycles. The fraction of sp³-hybridized carbons (Fsp3) is 0.750. The summed E-state index contributed by atoms with van der Waals surface area (Å²) < 4.78 is 4.87. The SMILES string of the molecule is CCN(CC)c1noc([C@@H](O)CN)n1. The Morgan fingerprint density at radius 1 is 1.50 bits per heavy atom. The Hall–Kier alpha value is -1.14. The Bertz CT molecular complexity index is 272. The van der Waals surface area contributed by atoms with Gasteiger partial charge in [0.2, 0.25) is 0 Å². The third-order valence-corrected chi connectivity index (χ3v) is 1.99. The molecule has 0 aliphatic carbocycles. The van der Waals surface area contributed by atoms with Crippen molar-refractivity contribution in [2.24, 2.45) is 5.73 Å². The summed E-state index contributed by atoms with van der Waals surface area (Å²) in [7, 11) is 0. The summed E-state index contributed by atoms with van der Waals surface area (Å²) in [6.45, 7) is 5.68. The number of anilines is 1. The molecule has 0 fully saturated rings. The van der Waals surface area contributed by atoms with Crippen molar-refractivity contribution in [3.05, 3.63) is 5.89 Å². The number of rotatable bonds is 5. The lowest BCUT2D eigenvalue weighted by Gasteiger charge is -2.14. The highest BCUT2D eigenvalue weighted by Gasteiger charge is 2.16. The summed E-state index contributed by atoms with van der Waals surface area (Å²) in [5, 5.41) is 13.1. The van der Waals surface area contributed by atoms with E-state index >= 15 is 0 Å². The van der Waals surface area contributed by atoms with Crippen molar-refractivity contribution < 1.29 is 9.63 Å². The summed E-state index contributed by atoms with van der Waals surface area (Å²) in [5.74, 6) is 0.673. The molecule has 1 rings (SSSR count). The van der Waals surface area contributed by atoms with E-state index in [1.54, 1.807) is 0 Å². The Labute approximate surface area is 82.7 Å². The van der Waals surface area contributed by atoms with E-state index in [0.717, 1.165) is 13.1 Å². The minimum absolute atomic E-state index is 0.0832. The minimum Gasteiger partial charge on any atom is -0.382 e. The van der Waals surface area contributed by atoms with Gasteiger partial charge in [0.25, 0.3) is 11.8 Å². The fourth-order valence-electron chi connectivity index (χ4n) is 1.10. The van der Waals surface area contributed by atoms with Crippen molar-refractivity contribution in [1.82, 2.24) is 10.1 Å². The number of hydrogen-bond donors (Lipinski definition) is 2. The molecule has 6 heteroatoms. The molecular weight excluding hydrogens is 184 g/mol. The van der Waals surface area contributed by atoms with Gasteiger partial charge in [0.15, 0.2) is 0 Å². The summed E-state index contributed by atoms with van der Waals surface area (Å²) in [6, 6.07) is 0. The Morgan fingerprint density at radius 2 is 2.14 bits per heavy atom. The van der Waals surface area contributed by atoms with E-state index in [2.05, 4.69) is 10.1 Å². The maximum Gasteiger partial charge on any atom is 0.266 e. The van der Waals surface area contributed by atoms with E-state index in [9.17, 15) is 5.11 Å². The average molecular weight is 200 g/mol. The van der Waals surface area contributed by atoms with E-state index in [0.29, 0.717) is 5.95 Å². The van der Waals surface area contributed by atoms with Gasteiger partial charge < -0.3 is 20.3 Å². The molecule has 80 valence electrons. The summed E-state index contributed by atoms with van der Waals surface area (Å²) >= 11 is 0. The first-order valence-electron chi connectivity index (χ1n) is 4.69. The highest BCUT2D eigenvalue weighted by Crippen LogP contribution is 2.13. The number of nitrogens with zero attached hydrogens (tertiary/aromatic N) is 3. The first-order valence-corrected chi connectivity index (χ1v) is 4.69. The van der Waals surface area contributed by atoms with Gasteiger partial charge in [0.05, 0.1) is 0 Å². The van der Waals surface area contributed by atoms with Crippen LogP contribution in [0.25, 0.3) is 0 Å². The summed E-state index contributed by atoms with van der Waals surface area (Å²) in [6.07, 6.45) is -0.869. The first-order chi connectivity index (χ1) is 6.72. The van der Waals surface area contributed by atoms with Crippen LogP contribution in [0.2, 0.25) is 0 Å². The minimum atomic E-state index is -0.869. The summed E-state index contributed by atoms with van der Waals surface area (Å²) in [4.78, 5) is 5.97. The van der Waals surface area contributed by atoms with Crippen LogP contribution in [0.4, 0.5) is 5.95 Å². The molecule has 6 nitrogen and oxygen atoms in total. The predicted molar refractivity (Wildman–Crippen MR) is 51.9 cm³/mol. The van der Waals surface area contributed by atoms with Crippen LogP contribution >= 0.6 is 0 Å². The van der Waals surface area contributed by atoms with Crippen LogP contribution < -0.4 is 10.6 Å². The fourth-order valence-corrected chi connectivity index (χ4v) is 1.10. The number of aromatic nitrogens is 2. The highest BCUT2D eigenvalue weighted by molar-refractivity contribution is 5.26. The van der Waals surface area contributed by atoms with Crippen LogP contribution in [0.1, 0.15) is 25.8 Å². The molecule has 14 heavy (non-hydrogen) atoms. The quantitative estimate of drug-likeness (QED) is 0.690. The van der Waals surface area contributed by atoms with Gasteiger partial charge in [-0.1, -0.05) is 0 Å². The molecule has 1 heterocycles. The van der Waals surface area contributed by atoms with Crippen molar-refractivity contribution in [2.45, 2.75) is 20.0 Å². The lowest BCUT2D eigenvalue weighted by molar-refractivity contribution is 0.141. The first kappa shape index (κ1) is 10.9. The average Bonchev–Trinajstić information content (AvgIpc) is 2.68. The van der Waals surface area contributed by atoms with Gasteiger partial charge in [-0.15, -0.1) is 0 Å². The molecule has 0 aromatic carbocycles. The van der Waals surface area contributed by atoms with Gasteiger partial charge in [0.1, 0.15) is 6.10 Å². The van der Waals surface area contributed by atoms with E-state index < -0.39 is 6.10 Å². The van der Waals surface area contributed by atoms with Gasteiger partial charge in [-0.25, -0.2) is 0 Å². The Balaban J connectivity index is 2.76. The lowest BCUT2D eigenvalue weighted by Crippen LogP contribution is -2.23. The largest absolute Gasteiger partial charge is 0.382 e. The molecule has 1 aromatic heterocycles. The van der Waals surface area contributed by atoms with Crippen LogP contribution in [-0.4, -0.2) is 34.9 Å². The molecule has 0 radical (unpaired) electrons. The normalized spacial score (nSPS) is 12.9. The third kappa shape index (κ3) is 2.21. The predicted octanol–water partition coefficient (Wildman–Crippen LogP) is -0.0921. The van der Waals surface area contributed by atoms with Crippen molar-refractivity contribution >= 4 is 5.95 Å². The van der Waals surface area contributed by atoms with Crippen LogP contribution in [0.3, 0.4) is 0 Å². The van der Waals surface area contributed by atoms with E-state index in [1.807, 2.05) is 18.7 Å². The summed E-state index contributed by atoms with van der Waals surface area (Å²) in [5.41, 5.74) is 5.26. The Morgan fingerprint density at radius 3 is 2.64 bits per heavy atom. The van der Waals surface area contributed by atoms with Gasteiger partial charge in [-0.3, -0.25) is 0 Å². The maximum absolute atomic E-state index is 9.33. The second kappa shape index (κ2) is 4.92. The number of nitrogens with two attached hydrogens (primary N) is 1. The van der Waals surface area contributed by atoms with E-state index in [-0.39, 0.29) is 12.4 Å². The van der Waals surface area contributed by atoms with Crippen LogP contribution in [-0.2, 0) is 0 Å². The molecule has 1 aromatic rings. The van der Waals surface area contributed by atoms with Gasteiger partial charge in [-0.2, -0.15) is 4.98 Å². The standard InChI is InChI=1S/C8H16N4O2/c1-3-12(4-2)8-10-7(14-11-8)6(13)5-9/h6,13H,3-5,9H2,1-2H3/t6-/m0/s1. The molecule has 0 aliphatic rings. The van der Waals surface area contributed by atoms with Crippen LogP contribution in [0.15, 0.2) is 4.52 Å². The molecule has 0 aliphatic heterocycles. The van der Waals surface area contributed by atoms with Crippen LogP contribution in [0, 0.1) is 0 Å². The van der Waals surface area contributed by atoms with E-state index in [4.69, 9.17) is 10.3 Å². The number of aliphatic hydroxyl groups is 1. The second-order valence-corrected chi connectivity index (χ2v) is 2.86. The van der Waals surface area contributed by atoms with Crippen molar-refractivity contribution in [3.63, 3.8) is 0 Å². The van der Waals surface area contributed by atoms with Crippen molar-refractivity contribution in [3.8, 4) is 0 Å². The van der Waals surface area contributed by atoms with Crippen molar-refractivity contribution in [1.29, 1.82) is 0 Å². The molecular formula is C8H16N4O2. The van der Waals surface area contributed by atoms with Crippen molar-refractivity contribution in [2.75, 3.05) is 24.5 Å². The molecule has 0 saturated heterocycles. The van der Waals surface area contributed by atoms with Crippen LogP contribution in [0.5, 0.6) is 0 Å². The topological polar surface area (TPSA) is 88.4 Å².